The van der Waals surface area contributed by atoms with Gasteiger partial charge in [-0.25, -0.2) is 0 Å². The molecule has 1 fully saturated rings. The van der Waals surface area contributed by atoms with E-state index in [0.29, 0.717) is 12.1 Å². The van der Waals surface area contributed by atoms with Crippen molar-refractivity contribution in [2.45, 2.75) is 39.0 Å². The molecule has 0 aromatic heterocycles. The van der Waals surface area contributed by atoms with E-state index in [0.717, 1.165) is 50.0 Å². The highest BCUT2D eigenvalue weighted by Crippen LogP contribution is 2.35. The van der Waals surface area contributed by atoms with Crippen LogP contribution in [0, 0.1) is 12.3 Å². The van der Waals surface area contributed by atoms with Crippen LogP contribution in [0.4, 0.5) is 0 Å². The van der Waals surface area contributed by atoms with Gasteiger partial charge in [0.2, 0.25) is 0 Å². The van der Waals surface area contributed by atoms with Crippen LogP contribution in [0.2, 0.25) is 0 Å². The van der Waals surface area contributed by atoms with Crippen LogP contribution in [0.15, 0.2) is 48.5 Å². The molecular formula is C24H31NO3. The average Bonchev–Trinajstić information content (AvgIpc) is 2.74. The van der Waals surface area contributed by atoms with Gasteiger partial charge in [0.1, 0.15) is 5.75 Å². The van der Waals surface area contributed by atoms with Gasteiger partial charge < -0.3 is 14.7 Å². The van der Waals surface area contributed by atoms with Gasteiger partial charge in [0.15, 0.2) is 0 Å². The number of nitrogens with zero attached hydrogens (tertiary/aromatic N) is 1. The van der Waals surface area contributed by atoms with Crippen molar-refractivity contribution >= 4 is 5.91 Å². The zero-order valence-electron chi connectivity index (χ0n) is 17.0. The maximum atomic E-state index is 13.1. The second kappa shape index (κ2) is 9.24. The lowest BCUT2D eigenvalue weighted by molar-refractivity contribution is 0.0216. The van der Waals surface area contributed by atoms with Crippen molar-refractivity contribution in [3.63, 3.8) is 0 Å². The molecule has 2 aromatic carbocycles. The Morgan fingerprint density at radius 1 is 1.21 bits per heavy atom. The number of aliphatic hydroxyl groups excluding tert-OH is 1. The summed E-state index contributed by atoms with van der Waals surface area (Å²) in [5, 5.41) is 10.2. The normalized spacial score (nSPS) is 19.5. The molecule has 1 aliphatic rings. The van der Waals surface area contributed by atoms with E-state index >= 15 is 0 Å². The van der Waals surface area contributed by atoms with E-state index in [1.54, 1.807) is 7.11 Å². The zero-order chi connectivity index (χ0) is 20.0. The fourth-order valence-corrected chi connectivity index (χ4v) is 4.30. The van der Waals surface area contributed by atoms with Crippen molar-refractivity contribution in [3.8, 4) is 5.75 Å². The molecule has 0 saturated carbocycles. The molecule has 1 heterocycles. The van der Waals surface area contributed by atoms with Crippen LogP contribution in [0.1, 0.15) is 47.2 Å². The maximum Gasteiger partial charge on any atom is 0.253 e. The summed E-state index contributed by atoms with van der Waals surface area (Å²) in [7, 11) is 1.64. The van der Waals surface area contributed by atoms with Gasteiger partial charge in [0.25, 0.3) is 5.91 Å². The summed E-state index contributed by atoms with van der Waals surface area (Å²) in [6.07, 6.45) is 4.88. The Morgan fingerprint density at radius 3 is 2.68 bits per heavy atom. The van der Waals surface area contributed by atoms with Crippen molar-refractivity contribution in [1.82, 2.24) is 4.90 Å². The smallest absolute Gasteiger partial charge is 0.253 e. The minimum Gasteiger partial charge on any atom is -0.496 e. The third-order valence-electron chi connectivity index (χ3n) is 5.94. The number of rotatable bonds is 7. The van der Waals surface area contributed by atoms with E-state index in [1.807, 2.05) is 36.1 Å². The predicted molar refractivity (Wildman–Crippen MR) is 112 cm³/mol. The minimum atomic E-state index is -0.190. The molecule has 1 saturated heterocycles. The average molecular weight is 382 g/mol. The fraction of sp³-hybridized carbons (Fsp3) is 0.458. The van der Waals surface area contributed by atoms with E-state index in [-0.39, 0.29) is 17.9 Å². The molecule has 1 unspecified atom stereocenters. The second-order valence-corrected chi connectivity index (χ2v) is 8.01. The topological polar surface area (TPSA) is 49.8 Å². The highest BCUT2D eigenvalue weighted by molar-refractivity contribution is 5.94. The molecule has 28 heavy (non-hydrogen) atoms. The van der Waals surface area contributed by atoms with E-state index in [1.165, 1.54) is 5.56 Å². The van der Waals surface area contributed by atoms with Gasteiger partial charge in [-0.2, -0.15) is 0 Å². The summed E-state index contributed by atoms with van der Waals surface area (Å²) >= 11 is 0. The van der Waals surface area contributed by atoms with Gasteiger partial charge >= 0.3 is 0 Å². The number of benzene rings is 2. The molecule has 2 aromatic rings. The summed E-state index contributed by atoms with van der Waals surface area (Å²) in [4.78, 5) is 15.0. The lowest BCUT2D eigenvalue weighted by Gasteiger charge is -2.42. The van der Waals surface area contributed by atoms with Gasteiger partial charge in [-0.05, 0) is 68.4 Å². The van der Waals surface area contributed by atoms with Crippen LogP contribution < -0.4 is 4.74 Å². The Morgan fingerprint density at radius 2 is 2.00 bits per heavy atom. The number of carbonyl (C=O) groups excluding carboxylic acids is 1. The van der Waals surface area contributed by atoms with Crippen LogP contribution in [0.25, 0.3) is 0 Å². The van der Waals surface area contributed by atoms with E-state index in [4.69, 9.17) is 4.74 Å². The molecular weight excluding hydrogens is 350 g/mol. The highest BCUT2D eigenvalue weighted by atomic mass is 16.5. The third-order valence-corrected chi connectivity index (χ3v) is 5.94. The number of carbonyl (C=O) groups is 1. The SMILES string of the molecule is COc1ccc(C(=O)N2CCCC(CO)(CCCc3ccccc3)C2)cc1C. The first-order valence-corrected chi connectivity index (χ1v) is 10.2. The maximum absolute atomic E-state index is 13.1. The van der Waals surface area contributed by atoms with Gasteiger partial charge in [-0.1, -0.05) is 30.3 Å². The number of hydrogen-bond acceptors (Lipinski definition) is 3. The molecule has 150 valence electrons. The third kappa shape index (κ3) is 4.74. The number of piperidine rings is 1. The summed E-state index contributed by atoms with van der Waals surface area (Å²) in [6, 6.07) is 16.0. The first-order chi connectivity index (χ1) is 13.6. The molecule has 4 nitrogen and oxygen atoms in total. The van der Waals surface area contributed by atoms with Gasteiger partial charge in [0, 0.05) is 24.1 Å². The van der Waals surface area contributed by atoms with Gasteiger partial charge in [0.05, 0.1) is 13.7 Å². The molecule has 1 aliphatic heterocycles. The van der Waals surface area contributed by atoms with Crippen molar-refractivity contribution in [3.05, 3.63) is 65.2 Å². The first-order valence-electron chi connectivity index (χ1n) is 10.2. The number of amides is 1. The van der Waals surface area contributed by atoms with Crippen LogP contribution in [-0.2, 0) is 6.42 Å². The number of aryl methyl sites for hydroxylation is 2. The summed E-state index contributed by atoms with van der Waals surface area (Å²) in [6.45, 7) is 3.47. The molecule has 0 aliphatic carbocycles. The van der Waals surface area contributed by atoms with Crippen LogP contribution in [0.5, 0.6) is 5.75 Å². The molecule has 4 heteroatoms. The first kappa shape index (κ1) is 20.4. The lowest BCUT2D eigenvalue weighted by Crippen LogP contribution is -2.48. The molecule has 1 N–H and O–H groups in total. The van der Waals surface area contributed by atoms with Gasteiger partial charge in [-0.15, -0.1) is 0 Å². The lowest BCUT2D eigenvalue weighted by atomic mass is 9.76. The number of aliphatic hydroxyl groups is 1. The fourth-order valence-electron chi connectivity index (χ4n) is 4.30. The highest BCUT2D eigenvalue weighted by Gasteiger charge is 2.36. The summed E-state index contributed by atoms with van der Waals surface area (Å²) < 4.78 is 5.30. The standard InChI is InChI=1S/C24H31NO3/c1-19-16-21(11-12-22(19)28-2)23(27)25-15-7-14-24(17-25,18-26)13-6-10-20-8-4-3-5-9-20/h3-5,8-9,11-12,16,26H,6-7,10,13-15,17-18H2,1-2H3. The number of likely N-dealkylation sites (tertiary alicyclic amines) is 1. The van der Waals surface area contributed by atoms with Crippen LogP contribution in [-0.4, -0.2) is 42.7 Å². The summed E-state index contributed by atoms with van der Waals surface area (Å²) in [5.41, 5.74) is 2.79. The molecule has 0 spiro atoms. The van der Waals surface area contributed by atoms with Crippen molar-refractivity contribution in [2.24, 2.45) is 5.41 Å². The van der Waals surface area contributed by atoms with Crippen molar-refractivity contribution in [2.75, 3.05) is 26.8 Å². The Kier molecular flexibility index (Phi) is 6.74. The van der Waals surface area contributed by atoms with Crippen molar-refractivity contribution < 1.29 is 14.6 Å². The summed E-state index contributed by atoms with van der Waals surface area (Å²) in [5.74, 6) is 0.840. The van der Waals surface area contributed by atoms with E-state index < -0.39 is 0 Å². The largest absolute Gasteiger partial charge is 0.496 e. The van der Waals surface area contributed by atoms with E-state index in [2.05, 4.69) is 24.3 Å². The number of ether oxygens (including phenoxy) is 1. The monoisotopic (exact) mass is 381 g/mol. The van der Waals surface area contributed by atoms with Crippen LogP contribution >= 0.6 is 0 Å². The molecule has 0 bridgehead atoms. The van der Waals surface area contributed by atoms with Crippen molar-refractivity contribution in [1.29, 1.82) is 0 Å². The van der Waals surface area contributed by atoms with E-state index in [9.17, 15) is 9.90 Å². The second-order valence-electron chi connectivity index (χ2n) is 8.01. The minimum absolute atomic E-state index is 0.0475. The number of hydrogen-bond donors (Lipinski definition) is 1. The Bertz CT molecular complexity index is 790. The Labute approximate surface area is 168 Å². The zero-order valence-corrected chi connectivity index (χ0v) is 17.0. The Hall–Kier alpha value is -2.33. The molecule has 3 rings (SSSR count). The molecule has 1 amide bonds. The van der Waals surface area contributed by atoms with Gasteiger partial charge in [-0.3, -0.25) is 4.79 Å². The van der Waals surface area contributed by atoms with Crippen LogP contribution in [0.3, 0.4) is 0 Å². The predicted octanol–water partition coefficient (Wildman–Crippen LogP) is 4.24. The number of methoxy groups -OCH3 is 1. The quantitative estimate of drug-likeness (QED) is 0.780. The molecule has 1 atom stereocenters. The Balaban J connectivity index is 1.65. The molecule has 0 radical (unpaired) electrons.